The lowest BCUT2D eigenvalue weighted by atomic mass is 10.1. The predicted molar refractivity (Wildman–Crippen MR) is 86.7 cm³/mol. The number of hydrogen-bond donors (Lipinski definition) is 0. The minimum absolute atomic E-state index is 0.286. The fraction of sp³-hybridized carbons (Fsp3) is 0.400. The second kappa shape index (κ2) is 6.94. The maximum Gasteiger partial charge on any atom is 0.310 e. The van der Waals surface area contributed by atoms with Gasteiger partial charge >= 0.3 is 5.97 Å². The van der Waals surface area contributed by atoms with Crippen molar-refractivity contribution < 1.29 is 22.7 Å². The maximum absolute atomic E-state index is 13.9. The maximum atomic E-state index is 13.9. The molecule has 1 fully saturated rings. The molecule has 2 unspecified atom stereocenters. The van der Waals surface area contributed by atoms with Crippen LogP contribution in [0.5, 0.6) is 0 Å². The van der Waals surface area contributed by atoms with Crippen molar-refractivity contribution >= 4 is 52.4 Å². The van der Waals surface area contributed by atoms with Crippen molar-refractivity contribution in [3.8, 4) is 0 Å². The summed E-state index contributed by atoms with van der Waals surface area (Å²) in [4.78, 5) is 12.1. The van der Waals surface area contributed by atoms with Crippen LogP contribution in [0.1, 0.15) is 19.4 Å². The molecule has 0 aromatic heterocycles. The summed E-state index contributed by atoms with van der Waals surface area (Å²) in [6.07, 6.45) is 0. The summed E-state index contributed by atoms with van der Waals surface area (Å²) in [5, 5.41) is -1.65. The Morgan fingerprint density at radius 2 is 1.62 bits per heavy atom. The van der Waals surface area contributed by atoms with Crippen molar-refractivity contribution in [2.75, 3.05) is 0 Å². The Hall–Kier alpha value is -0.620. The summed E-state index contributed by atoms with van der Waals surface area (Å²) < 4.78 is 46.0. The molecule has 9 heteroatoms. The molecule has 1 aromatic carbocycles. The first-order chi connectivity index (χ1) is 11.1. The smallest absolute Gasteiger partial charge is 0.310 e. The lowest BCUT2D eigenvalue weighted by Crippen LogP contribution is -2.13. The number of halogens is 7. The van der Waals surface area contributed by atoms with Gasteiger partial charge in [-0.25, -0.2) is 13.2 Å². The van der Waals surface area contributed by atoms with Gasteiger partial charge < -0.3 is 4.74 Å². The van der Waals surface area contributed by atoms with Crippen LogP contribution in [0.25, 0.3) is 0 Å². The van der Waals surface area contributed by atoms with E-state index >= 15 is 0 Å². The summed E-state index contributed by atoms with van der Waals surface area (Å²) >= 11 is 22.3. The standard InChI is InChI=1S/C15H11Cl4F3O2/c1-15(2)7(6(17)3-16)8(15)14(23)24-4-5-11(20)9(18)13(22)10(19)12(5)21/h3,7-8H,4H2,1-2H3/b6-3-. The van der Waals surface area contributed by atoms with Crippen molar-refractivity contribution in [1.29, 1.82) is 0 Å². The molecule has 24 heavy (non-hydrogen) atoms. The molecule has 0 heterocycles. The Kier molecular flexibility index (Phi) is 5.70. The van der Waals surface area contributed by atoms with E-state index in [2.05, 4.69) is 0 Å². The van der Waals surface area contributed by atoms with Crippen LogP contribution in [-0.2, 0) is 16.1 Å². The molecule has 1 saturated carbocycles. The highest BCUT2D eigenvalue weighted by molar-refractivity contribution is 6.37. The van der Waals surface area contributed by atoms with Gasteiger partial charge in [-0.2, -0.15) is 0 Å². The highest BCUT2D eigenvalue weighted by Gasteiger charge is 2.64. The van der Waals surface area contributed by atoms with E-state index in [1.807, 2.05) is 0 Å². The third kappa shape index (κ3) is 3.24. The SMILES string of the molecule is CC1(C)C(C(=O)OCc2c(F)c(Cl)c(F)c(Cl)c2F)C1/C(Cl)=C/Cl. The molecule has 0 bridgehead atoms. The summed E-state index contributed by atoms with van der Waals surface area (Å²) in [5.74, 6) is -5.82. The van der Waals surface area contributed by atoms with Gasteiger partial charge in [-0.3, -0.25) is 4.79 Å². The molecule has 2 nitrogen and oxygen atoms in total. The van der Waals surface area contributed by atoms with Gasteiger partial charge in [0, 0.05) is 16.5 Å². The van der Waals surface area contributed by atoms with Crippen LogP contribution < -0.4 is 0 Å². The van der Waals surface area contributed by atoms with Crippen LogP contribution in [-0.4, -0.2) is 5.97 Å². The van der Waals surface area contributed by atoms with Crippen LogP contribution in [0.15, 0.2) is 10.6 Å². The molecule has 2 atom stereocenters. The zero-order valence-electron chi connectivity index (χ0n) is 12.4. The predicted octanol–water partition coefficient (Wildman–Crippen LogP) is 6.05. The van der Waals surface area contributed by atoms with Crippen molar-refractivity contribution in [2.45, 2.75) is 20.5 Å². The first-order valence-electron chi connectivity index (χ1n) is 6.68. The van der Waals surface area contributed by atoms with Gasteiger partial charge in [-0.1, -0.05) is 60.3 Å². The summed E-state index contributed by atoms with van der Waals surface area (Å²) in [6, 6.07) is 0. The van der Waals surface area contributed by atoms with Gasteiger partial charge in [-0.05, 0) is 5.41 Å². The second-order valence-electron chi connectivity index (χ2n) is 5.93. The van der Waals surface area contributed by atoms with Crippen molar-refractivity contribution in [3.05, 3.63) is 43.6 Å². The largest absolute Gasteiger partial charge is 0.460 e. The number of benzene rings is 1. The van der Waals surface area contributed by atoms with E-state index in [-0.39, 0.29) is 11.0 Å². The third-order valence-electron chi connectivity index (χ3n) is 4.14. The molecule has 1 aliphatic rings. The number of allylic oxidation sites excluding steroid dienone is 1. The van der Waals surface area contributed by atoms with Crippen LogP contribution in [0, 0.1) is 34.7 Å². The molecule has 0 aliphatic heterocycles. The normalized spacial score (nSPS) is 22.5. The molecule has 2 rings (SSSR count). The average Bonchev–Trinajstić information content (AvgIpc) is 3.12. The highest BCUT2D eigenvalue weighted by Crippen LogP contribution is 2.63. The number of hydrogen-bond acceptors (Lipinski definition) is 2. The number of rotatable bonds is 4. The number of esters is 1. The Balaban J connectivity index is 2.17. The third-order valence-corrected chi connectivity index (χ3v) is 5.50. The minimum atomic E-state index is -1.41. The fourth-order valence-electron chi connectivity index (χ4n) is 2.67. The molecule has 1 aromatic rings. The van der Waals surface area contributed by atoms with Crippen molar-refractivity contribution in [1.82, 2.24) is 0 Å². The lowest BCUT2D eigenvalue weighted by molar-refractivity contribution is -0.147. The van der Waals surface area contributed by atoms with E-state index in [9.17, 15) is 18.0 Å². The van der Waals surface area contributed by atoms with Gasteiger partial charge in [0.2, 0.25) is 0 Å². The van der Waals surface area contributed by atoms with E-state index in [4.69, 9.17) is 51.1 Å². The number of carbonyl (C=O) groups is 1. The second-order valence-corrected chi connectivity index (χ2v) is 7.34. The van der Waals surface area contributed by atoms with Gasteiger partial charge in [0.05, 0.1) is 11.5 Å². The van der Waals surface area contributed by atoms with Gasteiger partial charge in [0.1, 0.15) is 16.7 Å². The van der Waals surface area contributed by atoms with Crippen LogP contribution >= 0.6 is 46.4 Å². The monoisotopic (exact) mass is 420 g/mol. The molecule has 0 N–H and O–H groups in total. The molecule has 0 saturated heterocycles. The summed E-state index contributed by atoms with van der Waals surface area (Å²) in [7, 11) is 0. The minimum Gasteiger partial charge on any atom is -0.460 e. The van der Waals surface area contributed by atoms with Gasteiger partial charge in [0.25, 0.3) is 0 Å². The van der Waals surface area contributed by atoms with Crippen molar-refractivity contribution in [3.63, 3.8) is 0 Å². The van der Waals surface area contributed by atoms with Gasteiger partial charge in [-0.15, -0.1) is 0 Å². The van der Waals surface area contributed by atoms with E-state index in [1.54, 1.807) is 13.8 Å². The molecule has 1 aliphatic carbocycles. The Morgan fingerprint density at radius 1 is 1.12 bits per heavy atom. The van der Waals surface area contributed by atoms with E-state index in [0.717, 1.165) is 5.54 Å². The topological polar surface area (TPSA) is 26.3 Å². The number of ether oxygens (including phenoxy) is 1. The zero-order valence-corrected chi connectivity index (χ0v) is 15.4. The molecule has 132 valence electrons. The Labute approximate surface area is 156 Å². The lowest BCUT2D eigenvalue weighted by Gasteiger charge is -2.10. The molecular formula is C15H11Cl4F3O2. The summed E-state index contributed by atoms with van der Waals surface area (Å²) in [5.41, 5.74) is -0.0804. The zero-order chi connectivity index (χ0) is 18.4. The Bertz CT molecular complexity index is 705. The highest BCUT2D eigenvalue weighted by atomic mass is 35.5. The molecule has 0 amide bonds. The van der Waals surface area contributed by atoms with E-state index < -0.39 is 57.0 Å². The van der Waals surface area contributed by atoms with Crippen molar-refractivity contribution in [2.24, 2.45) is 17.3 Å². The van der Waals surface area contributed by atoms with E-state index in [1.165, 1.54) is 0 Å². The summed E-state index contributed by atoms with van der Waals surface area (Å²) in [6.45, 7) is 2.77. The van der Waals surface area contributed by atoms with E-state index in [0.29, 0.717) is 0 Å². The molecule has 0 radical (unpaired) electrons. The van der Waals surface area contributed by atoms with Crippen LogP contribution in [0.4, 0.5) is 13.2 Å². The first-order valence-corrected chi connectivity index (χ1v) is 8.25. The quantitative estimate of drug-likeness (QED) is 0.336. The Morgan fingerprint density at radius 3 is 2.08 bits per heavy atom. The average molecular weight is 422 g/mol. The molecule has 0 spiro atoms. The van der Waals surface area contributed by atoms with Gasteiger partial charge in [0.15, 0.2) is 17.5 Å². The fourth-order valence-corrected chi connectivity index (χ4v) is 3.68. The molecular weight excluding hydrogens is 411 g/mol. The number of carbonyl (C=O) groups excluding carboxylic acids is 1. The van der Waals surface area contributed by atoms with Crippen LogP contribution in [0.2, 0.25) is 10.0 Å². The first kappa shape index (κ1) is 19.7. The van der Waals surface area contributed by atoms with Crippen LogP contribution in [0.3, 0.4) is 0 Å².